The third-order valence-electron chi connectivity index (χ3n) is 8.76. The van der Waals surface area contributed by atoms with E-state index in [0.717, 1.165) is 32.1 Å². The van der Waals surface area contributed by atoms with E-state index in [9.17, 15) is 24.8 Å². The quantitative estimate of drug-likeness (QED) is 0.334. The van der Waals surface area contributed by atoms with Crippen LogP contribution in [0.4, 0.5) is 5.82 Å². The molecule has 1 aliphatic heterocycles. The lowest BCUT2D eigenvalue weighted by Gasteiger charge is -2.29. The van der Waals surface area contributed by atoms with Gasteiger partial charge < -0.3 is 30.4 Å². The molecule has 2 fully saturated rings. The monoisotopic (exact) mass is 612 g/mol. The van der Waals surface area contributed by atoms with Gasteiger partial charge in [0.2, 0.25) is 11.5 Å². The predicted molar refractivity (Wildman–Crippen MR) is 159 cm³/mol. The summed E-state index contributed by atoms with van der Waals surface area (Å²) in [5.41, 5.74) is 3.87. The maximum Gasteiger partial charge on any atom is 0.323 e. The van der Waals surface area contributed by atoms with Crippen LogP contribution in [0, 0.1) is 28.6 Å². The molecule has 240 valence electrons. The van der Waals surface area contributed by atoms with Gasteiger partial charge in [-0.3, -0.25) is 14.4 Å². The summed E-state index contributed by atoms with van der Waals surface area (Å²) in [5.74, 6) is -1.27. The van der Waals surface area contributed by atoms with E-state index in [4.69, 9.17) is 19.9 Å². The number of aromatic nitrogens is 3. The fourth-order valence-corrected chi connectivity index (χ4v) is 5.60. The number of carbonyl (C=O) groups excluding carboxylic acids is 3. The largest absolute Gasteiger partial charge is 0.463 e. The third-order valence-corrected chi connectivity index (χ3v) is 8.76. The van der Waals surface area contributed by atoms with Crippen LogP contribution in [-0.2, 0) is 34.2 Å². The fraction of sp³-hybridized carbons (Fsp3) is 0.677. The standard InChI is InChI=1S/C31H44N6O7/c1-6-18(2)28(40)36-27-20-12-13-22(37(20)35-17-34-27)31(16-32)26(39)24(43-29(41)25(33)30(3,4)5)21(44-31)15-42-23(38)14-19-10-8-7-9-11-19/h12-13,17-19,21,24-26,39H,6-11,14-15,33H2,1-5H3,(H,34,35,36,40)/t18-,21+,24+,25+,26+,31-/m0/s1. The molecule has 0 aromatic carbocycles. The van der Waals surface area contributed by atoms with E-state index in [0.29, 0.717) is 11.9 Å². The summed E-state index contributed by atoms with van der Waals surface area (Å²) >= 11 is 0. The molecule has 2 aliphatic rings. The summed E-state index contributed by atoms with van der Waals surface area (Å²) in [6, 6.07) is 4.12. The second kappa shape index (κ2) is 13.6. The first-order chi connectivity index (χ1) is 20.8. The molecule has 13 heteroatoms. The van der Waals surface area contributed by atoms with Crippen molar-refractivity contribution in [3.05, 3.63) is 24.2 Å². The first-order valence-corrected chi connectivity index (χ1v) is 15.3. The Labute approximate surface area is 257 Å². The third kappa shape index (κ3) is 6.87. The number of nitrogens with one attached hydrogen (secondary N) is 1. The molecule has 13 nitrogen and oxygen atoms in total. The molecule has 0 bridgehead atoms. The Morgan fingerprint density at radius 3 is 2.61 bits per heavy atom. The van der Waals surface area contributed by atoms with Gasteiger partial charge in [-0.2, -0.15) is 10.4 Å². The zero-order valence-corrected chi connectivity index (χ0v) is 26.1. The lowest BCUT2D eigenvalue weighted by Crippen LogP contribution is -2.49. The summed E-state index contributed by atoms with van der Waals surface area (Å²) in [4.78, 5) is 42.6. The van der Waals surface area contributed by atoms with Gasteiger partial charge in [-0.15, -0.1) is 0 Å². The molecule has 1 saturated heterocycles. The van der Waals surface area contributed by atoms with E-state index >= 15 is 0 Å². The minimum Gasteiger partial charge on any atom is -0.463 e. The van der Waals surface area contributed by atoms with Gasteiger partial charge in [0, 0.05) is 12.3 Å². The van der Waals surface area contributed by atoms with Crippen molar-refractivity contribution in [3.63, 3.8) is 0 Å². The number of esters is 2. The van der Waals surface area contributed by atoms with Crippen LogP contribution in [0.1, 0.15) is 85.3 Å². The normalized spacial score (nSPS) is 25.6. The van der Waals surface area contributed by atoms with Crippen LogP contribution in [0.5, 0.6) is 0 Å². The van der Waals surface area contributed by atoms with Gasteiger partial charge in [0.15, 0.2) is 11.9 Å². The van der Waals surface area contributed by atoms with Gasteiger partial charge in [-0.1, -0.05) is 53.9 Å². The average molecular weight is 613 g/mol. The van der Waals surface area contributed by atoms with Crippen LogP contribution in [-0.4, -0.2) is 68.5 Å². The van der Waals surface area contributed by atoms with Crippen molar-refractivity contribution in [3.8, 4) is 6.07 Å². The highest BCUT2D eigenvalue weighted by molar-refractivity contribution is 5.94. The average Bonchev–Trinajstić information content (AvgIpc) is 3.55. The lowest BCUT2D eigenvalue weighted by atomic mass is 9.87. The number of anilines is 1. The smallest absolute Gasteiger partial charge is 0.323 e. The molecule has 4 rings (SSSR count). The summed E-state index contributed by atoms with van der Waals surface area (Å²) in [5, 5.41) is 29.2. The first-order valence-electron chi connectivity index (χ1n) is 15.3. The first kappa shape index (κ1) is 33.3. The van der Waals surface area contributed by atoms with Crippen molar-refractivity contribution in [2.24, 2.45) is 23.0 Å². The molecule has 44 heavy (non-hydrogen) atoms. The minimum absolute atomic E-state index is 0.112. The van der Waals surface area contributed by atoms with E-state index in [2.05, 4.69) is 21.5 Å². The number of hydrogen-bond acceptors (Lipinski definition) is 11. The Bertz CT molecular complexity index is 1390. The van der Waals surface area contributed by atoms with Crippen molar-refractivity contribution in [2.75, 3.05) is 11.9 Å². The zero-order valence-electron chi connectivity index (χ0n) is 26.1. The number of amides is 1. The van der Waals surface area contributed by atoms with Gasteiger partial charge >= 0.3 is 11.9 Å². The number of carbonyl (C=O) groups is 3. The Morgan fingerprint density at radius 1 is 1.27 bits per heavy atom. The second-order valence-corrected chi connectivity index (χ2v) is 13.0. The Hall–Kier alpha value is -3.60. The van der Waals surface area contributed by atoms with E-state index in [-0.39, 0.29) is 42.3 Å². The number of hydrogen-bond donors (Lipinski definition) is 3. The number of rotatable bonds is 10. The second-order valence-electron chi connectivity index (χ2n) is 13.0. The highest BCUT2D eigenvalue weighted by Gasteiger charge is 2.60. The predicted octanol–water partition coefficient (Wildman–Crippen LogP) is 2.99. The summed E-state index contributed by atoms with van der Waals surface area (Å²) < 4.78 is 18.8. The number of nitrogens with two attached hydrogens (primary N) is 1. The minimum atomic E-state index is -2.09. The van der Waals surface area contributed by atoms with Crippen molar-refractivity contribution < 1.29 is 33.7 Å². The molecule has 1 amide bonds. The molecule has 2 aromatic rings. The number of aliphatic hydroxyl groups is 1. The maximum absolute atomic E-state index is 13.1. The van der Waals surface area contributed by atoms with Crippen molar-refractivity contribution in [1.82, 2.24) is 14.6 Å². The number of ether oxygens (including phenoxy) is 3. The van der Waals surface area contributed by atoms with E-state index in [1.807, 2.05) is 6.92 Å². The number of fused-ring (bicyclic) bond motifs is 1. The number of nitrogens with zero attached hydrogens (tertiary/aromatic N) is 4. The number of aliphatic hydroxyl groups excluding tert-OH is 1. The maximum atomic E-state index is 13.1. The molecule has 0 unspecified atom stereocenters. The Balaban J connectivity index is 1.64. The molecular formula is C31H44N6O7. The topological polar surface area (TPSA) is 191 Å². The lowest BCUT2D eigenvalue weighted by molar-refractivity contribution is -0.163. The molecule has 1 saturated carbocycles. The SMILES string of the molecule is CC[C@H](C)C(=O)Nc1ncnn2c([C@]3(C#N)O[C@H](COC(=O)CC4CCCCC4)[C@@H](OC(=O)[C@@H](N)C(C)(C)C)[C@H]3O)ccc12. The van der Waals surface area contributed by atoms with Gasteiger partial charge in [-0.05, 0) is 42.7 Å². The molecule has 2 aromatic heterocycles. The Morgan fingerprint density at radius 2 is 1.98 bits per heavy atom. The van der Waals surface area contributed by atoms with Gasteiger partial charge in [0.05, 0.1) is 5.69 Å². The molecule has 0 radical (unpaired) electrons. The van der Waals surface area contributed by atoms with Gasteiger partial charge in [0.25, 0.3) is 0 Å². The molecule has 6 atom stereocenters. The van der Waals surface area contributed by atoms with Crippen LogP contribution in [0.2, 0.25) is 0 Å². The summed E-state index contributed by atoms with van der Waals surface area (Å²) in [7, 11) is 0. The van der Waals surface area contributed by atoms with Crippen molar-refractivity contribution >= 4 is 29.2 Å². The number of nitriles is 1. The Kier molecular flexibility index (Phi) is 10.3. The fourth-order valence-electron chi connectivity index (χ4n) is 5.60. The van der Waals surface area contributed by atoms with Crippen molar-refractivity contribution in [1.29, 1.82) is 5.26 Å². The highest BCUT2D eigenvalue weighted by atomic mass is 16.6. The summed E-state index contributed by atoms with van der Waals surface area (Å²) in [6.45, 7) is 8.65. The van der Waals surface area contributed by atoms with E-state index in [1.165, 1.54) is 16.9 Å². The highest BCUT2D eigenvalue weighted by Crippen LogP contribution is 2.42. The molecule has 4 N–H and O–H groups in total. The molecular weight excluding hydrogens is 568 g/mol. The van der Waals surface area contributed by atoms with Crippen LogP contribution in [0.3, 0.4) is 0 Å². The summed E-state index contributed by atoms with van der Waals surface area (Å²) in [6.07, 6.45) is 3.02. The van der Waals surface area contributed by atoms with Crippen LogP contribution >= 0.6 is 0 Å². The van der Waals surface area contributed by atoms with E-state index < -0.39 is 47.3 Å². The molecule has 3 heterocycles. The van der Waals surface area contributed by atoms with Gasteiger partial charge in [-0.25, -0.2) is 9.50 Å². The van der Waals surface area contributed by atoms with E-state index in [1.54, 1.807) is 33.8 Å². The van der Waals surface area contributed by atoms with Gasteiger partial charge in [0.1, 0.15) is 42.8 Å². The molecule has 0 spiro atoms. The zero-order chi connectivity index (χ0) is 32.2. The van der Waals surface area contributed by atoms with Crippen LogP contribution < -0.4 is 11.1 Å². The molecule has 1 aliphatic carbocycles. The van der Waals surface area contributed by atoms with Crippen LogP contribution in [0.25, 0.3) is 5.52 Å². The van der Waals surface area contributed by atoms with Crippen molar-refractivity contribution in [2.45, 2.75) is 110 Å². The van der Waals surface area contributed by atoms with Crippen LogP contribution in [0.15, 0.2) is 18.5 Å².